The highest BCUT2D eigenvalue weighted by Crippen LogP contribution is 2.32. The van der Waals surface area contributed by atoms with Gasteiger partial charge in [0, 0.05) is 12.6 Å². The summed E-state index contributed by atoms with van der Waals surface area (Å²) >= 11 is 0. The molecule has 0 saturated carbocycles. The highest BCUT2D eigenvalue weighted by atomic mass is 16.6. The van der Waals surface area contributed by atoms with Gasteiger partial charge < -0.3 is 19.1 Å². The average Bonchev–Trinajstić information content (AvgIpc) is 3.34. The minimum Gasteiger partial charge on any atom is -0.497 e. The van der Waals surface area contributed by atoms with Crippen molar-refractivity contribution in [2.24, 2.45) is 4.99 Å². The number of ether oxygens (including phenoxy) is 3. The fourth-order valence-electron chi connectivity index (χ4n) is 5.15. The third-order valence-electron chi connectivity index (χ3n) is 7.74. The molecule has 1 aliphatic rings. The van der Waals surface area contributed by atoms with Gasteiger partial charge in [-0.15, -0.1) is 0 Å². The maximum absolute atomic E-state index is 14.0. The number of aliphatic imine (C=N–C) groups is 1. The molecule has 236 valence electrons. The van der Waals surface area contributed by atoms with Crippen molar-refractivity contribution < 1.29 is 23.8 Å². The molecule has 2 amide bonds. The van der Waals surface area contributed by atoms with Crippen LogP contribution in [0.3, 0.4) is 0 Å². The molecular formula is C38H39N3O5. The van der Waals surface area contributed by atoms with Crippen LogP contribution in [0.4, 0.5) is 4.79 Å². The third-order valence-corrected chi connectivity index (χ3v) is 7.74. The minimum atomic E-state index is -0.628. The fraction of sp³-hybridized carbons (Fsp3) is 0.237. The van der Waals surface area contributed by atoms with Gasteiger partial charge >= 0.3 is 6.09 Å². The second-order valence-corrected chi connectivity index (χ2v) is 11.0. The molecule has 0 spiro atoms. The average molecular weight is 618 g/mol. The standard InChI is InChI=1S/C38H39N3O5/c1-4-5-24-45-33-22-18-28(19-23-33)25-34-35(26-29-16-20-32(44-3)21-17-29)41(38(43)46-27-30-12-8-6-9-13-30)37(40(34)2)39-36(42)31-14-10-7-11-15-31/h6-23,26,34H,4-5,24-25,27H2,1-3H3/b35-26-,39-37?. The van der Waals surface area contributed by atoms with Crippen LogP contribution in [-0.4, -0.2) is 54.6 Å². The summed E-state index contributed by atoms with van der Waals surface area (Å²) in [4.78, 5) is 35.2. The van der Waals surface area contributed by atoms with E-state index in [1.807, 2.05) is 103 Å². The molecule has 0 bridgehead atoms. The number of nitrogens with zero attached hydrogens (tertiary/aromatic N) is 3. The number of guanidine groups is 1. The molecule has 0 N–H and O–H groups in total. The van der Waals surface area contributed by atoms with Gasteiger partial charge in [-0.05, 0) is 72.0 Å². The van der Waals surface area contributed by atoms with Gasteiger partial charge in [0.05, 0.1) is 25.5 Å². The number of carbonyl (C=O) groups is 2. The summed E-state index contributed by atoms with van der Waals surface area (Å²) in [7, 11) is 3.46. The number of unbranched alkanes of at least 4 members (excludes halogenated alkanes) is 1. The van der Waals surface area contributed by atoms with Crippen LogP contribution < -0.4 is 9.47 Å². The number of rotatable bonds is 11. The van der Waals surface area contributed by atoms with Gasteiger partial charge in [-0.2, -0.15) is 4.99 Å². The third kappa shape index (κ3) is 8.01. The van der Waals surface area contributed by atoms with Crippen molar-refractivity contribution in [3.63, 3.8) is 0 Å². The van der Waals surface area contributed by atoms with E-state index in [4.69, 9.17) is 14.2 Å². The number of hydrogen-bond acceptors (Lipinski definition) is 5. The molecule has 8 heteroatoms. The summed E-state index contributed by atoms with van der Waals surface area (Å²) in [5.41, 5.74) is 3.79. The van der Waals surface area contributed by atoms with Crippen molar-refractivity contribution >= 4 is 24.0 Å². The molecule has 1 aliphatic heterocycles. The Labute approximate surface area is 270 Å². The lowest BCUT2D eigenvalue weighted by atomic mass is 10.0. The zero-order chi connectivity index (χ0) is 32.3. The number of likely N-dealkylation sites (N-methyl/N-ethyl adjacent to an activating group) is 1. The Hall–Kier alpha value is -5.37. The first-order valence-corrected chi connectivity index (χ1v) is 15.5. The normalized spacial score (nSPS) is 16.1. The monoisotopic (exact) mass is 617 g/mol. The van der Waals surface area contributed by atoms with E-state index in [0.717, 1.165) is 41.0 Å². The topological polar surface area (TPSA) is 80.7 Å². The number of benzene rings is 4. The molecule has 5 rings (SSSR count). The molecule has 4 aromatic carbocycles. The first kappa shape index (κ1) is 32.0. The van der Waals surface area contributed by atoms with Crippen LogP contribution in [0, 0.1) is 0 Å². The summed E-state index contributed by atoms with van der Waals surface area (Å²) in [6.07, 6.45) is 3.90. The number of hydrogen-bond donors (Lipinski definition) is 0. The van der Waals surface area contributed by atoms with Crippen molar-refractivity contribution in [2.45, 2.75) is 38.8 Å². The van der Waals surface area contributed by atoms with E-state index in [2.05, 4.69) is 11.9 Å². The van der Waals surface area contributed by atoms with E-state index in [9.17, 15) is 9.59 Å². The summed E-state index contributed by atoms with van der Waals surface area (Å²) in [6, 6.07) is 33.5. The molecule has 1 heterocycles. The number of carbonyl (C=O) groups excluding carboxylic acids is 2. The molecule has 4 aromatic rings. The Morgan fingerprint density at radius 1 is 0.826 bits per heavy atom. The van der Waals surface area contributed by atoms with Gasteiger partial charge in [0.2, 0.25) is 5.96 Å². The molecule has 1 saturated heterocycles. The zero-order valence-corrected chi connectivity index (χ0v) is 26.5. The van der Waals surface area contributed by atoms with Gasteiger partial charge in [-0.3, -0.25) is 4.79 Å². The molecule has 46 heavy (non-hydrogen) atoms. The Balaban J connectivity index is 1.54. The smallest absolute Gasteiger partial charge is 0.421 e. The predicted octanol–water partition coefficient (Wildman–Crippen LogP) is 7.61. The SMILES string of the molecule is CCCCOc1ccc(CC2/C(=C/c3ccc(OC)cc3)N(C(=O)OCc3ccccc3)C(=NC(=O)c3ccccc3)N2C)cc1. The summed E-state index contributed by atoms with van der Waals surface area (Å²) in [6.45, 7) is 2.87. The van der Waals surface area contributed by atoms with Gasteiger partial charge in [-0.1, -0.05) is 86.1 Å². The Kier molecular flexibility index (Phi) is 10.8. The fourth-order valence-corrected chi connectivity index (χ4v) is 5.15. The Bertz CT molecular complexity index is 1650. The number of methoxy groups -OCH3 is 1. The summed E-state index contributed by atoms with van der Waals surface area (Å²) < 4.78 is 17.1. The first-order chi connectivity index (χ1) is 22.5. The van der Waals surface area contributed by atoms with Crippen molar-refractivity contribution in [1.82, 2.24) is 9.80 Å². The Morgan fingerprint density at radius 3 is 2.13 bits per heavy atom. The molecule has 1 unspecified atom stereocenters. The van der Waals surface area contributed by atoms with Gasteiger partial charge in [0.25, 0.3) is 5.91 Å². The van der Waals surface area contributed by atoms with Crippen LogP contribution in [0.2, 0.25) is 0 Å². The molecule has 0 aromatic heterocycles. The second-order valence-electron chi connectivity index (χ2n) is 11.0. The van der Waals surface area contributed by atoms with E-state index < -0.39 is 12.0 Å². The quantitative estimate of drug-likeness (QED) is 0.161. The Morgan fingerprint density at radius 2 is 1.48 bits per heavy atom. The van der Waals surface area contributed by atoms with Crippen LogP contribution in [0.1, 0.15) is 46.8 Å². The first-order valence-electron chi connectivity index (χ1n) is 15.5. The maximum Gasteiger partial charge on any atom is 0.421 e. The van der Waals surface area contributed by atoms with E-state index in [-0.39, 0.29) is 18.6 Å². The highest BCUT2D eigenvalue weighted by Gasteiger charge is 2.43. The highest BCUT2D eigenvalue weighted by molar-refractivity contribution is 6.08. The summed E-state index contributed by atoms with van der Waals surface area (Å²) in [5, 5.41) is 0. The zero-order valence-electron chi connectivity index (χ0n) is 26.5. The van der Waals surface area contributed by atoms with E-state index in [1.165, 1.54) is 4.90 Å². The van der Waals surface area contributed by atoms with Crippen LogP contribution in [0.25, 0.3) is 6.08 Å². The van der Waals surface area contributed by atoms with Gasteiger partial charge in [0.1, 0.15) is 18.1 Å². The van der Waals surface area contributed by atoms with E-state index in [0.29, 0.717) is 24.3 Å². The van der Waals surface area contributed by atoms with Crippen LogP contribution in [0.5, 0.6) is 11.5 Å². The molecule has 0 radical (unpaired) electrons. The van der Waals surface area contributed by atoms with E-state index >= 15 is 0 Å². The lowest BCUT2D eigenvalue weighted by Crippen LogP contribution is -2.37. The largest absolute Gasteiger partial charge is 0.497 e. The van der Waals surface area contributed by atoms with Crippen LogP contribution in [-0.2, 0) is 17.8 Å². The lowest BCUT2D eigenvalue weighted by Gasteiger charge is -2.20. The molecule has 0 aliphatic carbocycles. The lowest BCUT2D eigenvalue weighted by molar-refractivity contribution is 0.0999. The van der Waals surface area contributed by atoms with Crippen molar-refractivity contribution in [2.75, 3.05) is 20.8 Å². The van der Waals surface area contributed by atoms with Crippen LogP contribution >= 0.6 is 0 Å². The van der Waals surface area contributed by atoms with Crippen LogP contribution in [0.15, 0.2) is 120 Å². The van der Waals surface area contributed by atoms with Crippen molar-refractivity contribution in [3.8, 4) is 11.5 Å². The maximum atomic E-state index is 14.0. The van der Waals surface area contributed by atoms with Gasteiger partial charge in [0.15, 0.2) is 0 Å². The van der Waals surface area contributed by atoms with Crippen molar-refractivity contribution in [3.05, 3.63) is 137 Å². The summed E-state index contributed by atoms with van der Waals surface area (Å²) in [5.74, 6) is 1.27. The number of amides is 2. The minimum absolute atomic E-state index is 0.0692. The van der Waals surface area contributed by atoms with Gasteiger partial charge in [-0.25, -0.2) is 9.69 Å². The van der Waals surface area contributed by atoms with E-state index in [1.54, 1.807) is 31.4 Å². The molecule has 1 fully saturated rings. The van der Waals surface area contributed by atoms with Crippen molar-refractivity contribution in [1.29, 1.82) is 0 Å². The predicted molar refractivity (Wildman–Crippen MR) is 180 cm³/mol. The molecule has 8 nitrogen and oxygen atoms in total. The molecule has 1 atom stereocenters. The molecular weight excluding hydrogens is 578 g/mol. The second kappa shape index (κ2) is 15.6.